The number of methoxy groups -OCH3 is 1. The van der Waals surface area contributed by atoms with Crippen LogP contribution in [0, 0.1) is 13.8 Å². The zero-order chi connectivity index (χ0) is 23.1. The van der Waals surface area contributed by atoms with Crippen LogP contribution in [0.25, 0.3) is 0 Å². The molecule has 0 unspecified atom stereocenters. The molecular formula is C22H24N4O5S. The average molecular weight is 457 g/mol. The molecule has 2 N–H and O–H groups in total. The van der Waals surface area contributed by atoms with Crippen LogP contribution in [0.4, 0.5) is 11.6 Å². The second-order valence-electron chi connectivity index (χ2n) is 6.90. The zero-order valence-corrected chi connectivity index (χ0v) is 18.8. The van der Waals surface area contributed by atoms with Crippen molar-refractivity contribution >= 4 is 27.6 Å². The van der Waals surface area contributed by atoms with E-state index in [4.69, 9.17) is 9.47 Å². The highest BCUT2D eigenvalue weighted by molar-refractivity contribution is 7.92. The summed E-state index contributed by atoms with van der Waals surface area (Å²) in [4.78, 5) is 20.9. The van der Waals surface area contributed by atoms with Crippen molar-refractivity contribution in [1.29, 1.82) is 0 Å². The van der Waals surface area contributed by atoms with Crippen LogP contribution in [0.2, 0.25) is 0 Å². The number of carbonyl (C=O) groups is 1. The van der Waals surface area contributed by atoms with Gasteiger partial charge in [-0.15, -0.1) is 0 Å². The molecule has 1 aromatic heterocycles. The van der Waals surface area contributed by atoms with Crippen LogP contribution in [0.1, 0.15) is 21.7 Å². The topological polar surface area (TPSA) is 120 Å². The van der Waals surface area contributed by atoms with Gasteiger partial charge in [-0.05, 0) is 56.3 Å². The highest BCUT2D eigenvalue weighted by Crippen LogP contribution is 2.21. The normalized spacial score (nSPS) is 11.1. The monoisotopic (exact) mass is 456 g/mol. The standard InChI is InChI=1S/C22H24N4O5S/c1-15-14-16(2)24-22(23-15)26-32(28,29)18-10-8-17(9-11-18)25-21(27)19-6-4-5-7-20(19)31-13-12-30-3/h4-11,14H,12-13H2,1-3H3,(H,25,27)(H,23,24,26). The van der Waals surface area contributed by atoms with E-state index >= 15 is 0 Å². The minimum Gasteiger partial charge on any atom is -0.490 e. The molecule has 0 radical (unpaired) electrons. The van der Waals surface area contributed by atoms with Crippen LogP contribution >= 0.6 is 0 Å². The van der Waals surface area contributed by atoms with Crippen molar-refractivity contribution in [3.63, 3.8) is 0 Å². The Hall–Kier alpha value is -3.50. The van der Waals surface area contributed by atoms with Crippen LogP contribution in [-0.4, -0.2) is 44.6 Å². The van der Waals surface area contributed by atoms with Gasteiger partial charge in [0.25, 0.3) is 15.9 Å². The summed E-state index contributed by atoms with van der Waals surface area (Å²) < 4.78 is 38.2. The highest BCUT2D eigenvalue weighted by atomic mass is 32.2. The summed E-state index contributed by atoms with van der Waals surface area (Å²) in [5.41, 5.74) is 2.09. The maximum Gasteiger partial charge on any atom is 0.264 e. The van der Waals surface area contributed by atoms with Gasteiger partial charge >= 0.3 is 0 Å². The predicted molar refractivity (Wildman–Crippen MR) is 121 cm³/mol. The van der Waals surface area contributed by atoms with Crippen LogP contribution in [0.3, 0.4) is 0 Å². The molecule has 0 saturated heterocycles. The molecule has 0 aliphatic rings. The number of ether oxygens (including phenoxy) is 2. The summed E-state index contributed by atoms with van der Waals surface area (Å²) in [5, 5.41) is 2.74. The quantitative estimate of drug-likeness (QED) is 0.475. The first-order chi connectivity index (χ1) is 15.3. The Morgan fingerprint density at radius 2 is 1.62 bits per heavy atom. The first-order valence-corrected chi connectivity index (χ1v) is 11.2. The number of hydrogen-bond acceptors (Lipinski definition) is 7. The van der Waals surface area contributed by atoms with E-state index in [1.54, 1.807) is 51.3 Å². The number of sulfonamides is 1. The molecule has 0 spiro atoms. The number of carbonyl (C=O) groups excluding carboxylic acids is 1. The van der Waals surface area contributed by atoms with Gasteiger partial charge in [0.1, 0.15) is 12.4 Å². The Kier molecular flexibility index (Phi) is 7.39. The molecule has 1 amide bonds. The maximum atomic E-state index is 12.7. The number of para-hydroxylation sites is 1. The lowest BCUT2D eigenvalue weighted by atomic mass is 10.2. The first-order valence-electron chi connectivity index (χ1n) is 9.76. The van der Waals surface area contributed by atoms with Crippen LogP contribution in [-0.2, 0) is 14.8 Å². The molecule has 32 heavy (non-hydrogen) atoms. The van der Waals surface area contributed by atoms with Gasteiger partial charge in [-0.25, -0.2) is 23.1 Å². The van der Waals surface area contributed by atoms with Crippen molar-refractivity contribution in [2.75, 3.05) is 30.4 Å². The number of anilines is 2. The van der Waals surface area contributed by atoms with Gasteiger partial charge in [0.05, 0.1) is 17.1 Å². The van der Waals surface area contributed by atoms with Gasteiger partial charge in [-0.3, -0.25) is 4.79 Å². The van der Waals surface area contributed by atoms with Crippen LogP contribution < -0.4 is 14.8 Å². The molecule has 2 aromatic carbocycles. The third-order valence-electron chi connectivity index (χ3n) is 4.31. The van der Waals surface area contributed by atoms with E-state index in [0.29, 0.717) is 41.6 Å². The number of benzene rings is 2. The molecule has 1 heterocycles. The van der Waals surface area contributed by atoms with Gasteiger partial charge in [0.2, 0.25) is 5.95 Å². The Morgan fingerprint density at radius 3 is 2.28 bits per heavy atom. The second-order valence-corrected chi connectivity index (χ2v) is 8.58. The molecule has 168 valence electrons. The fraction of sp³-hybridized carbons (Fsp3) is 0.227. The average Bonchev–Trinajstić information content (AvgIpc) is 2.73. The third-order valence-corrected chi connectivity index (χ3v) is 5.65. The number of amides is 1. The molecule has 0 aliphatic carbocycles. The molecule has 0 saturated carbocycles. The van der Waals surface area contributed by atoms with E-state index in [-0.39, 0.29) is 16.8 Å². The van der Waals surface area contributed by atoms with E-state index in [2.05, 4.69) is 20.0 Å². The van der Waals surface area contributed by atoms with E-state index in [9.17, 15) is 13.2 Å². The lowest BCUT2D eigenvalue weighted by Gasteiger charge is -2.12. The van der Waals surface area contributed by atoms with Gasteiger partial charge in [0, 0.05) is 24.2 Å². The third kappa shape index (κ3) is 6.02. The fourth-order valence-corrected chi connectivity index (χ4v) is 3.83. The van der Waals surface area contributed by atoms with Crippen molar-refractivity contribution in [2.45, 2.75) is 18.7 Å². The summed E-state index contributed by atoms with van der Waals surface area (Å²) in [6, 6.07) is 14.4. The summed E-state index contributed by atoms with van der Waals surface area (Å²) in [7, 11) is -2.32. The molecular weight excluding hydrogens is 432 g/mol. The van der Waals surface area contributed by atoms with Crippen molar-refractivity contribution in [3.8, 4) is 5.75 Å². The van der Waals surface area contributed by atoms with Crippen molar-refractivity contribution < 1.29 is 22.7 Å². The number of nitrogens with zero attached hydrogens (tertiary/aromatic N) is 2. The lowest BCUT2D eigenvalue weighted by Crippen LogP contribution is -2.16. The molecule has 3 aromatic rings. The van der Waals surface area contributed by atoms with Crippen molar-refractivity contribution in [1.82, 2.24) is 9.97 Å². The first kappa shape index (κ1) is 23.2. The number of aromatic nitrogens is 2. The number of nitrogens with one attached hydrogen (secondary N) is 2. The summed E-state index contributed by atoms with van der Waals surface area (Å²) in [6.45, 7) is 4.22. The van der Waals surface area contributed by atoms with Gasteiger partial charge in [-0.2, -0.15) is 0 Å². The van der Waals surface area contributed by atoms with Crippen molar-refractivity contribution in [3.05, 3.63) is 71.5 Å². The zero-order valence-electron chi connectivity index (χ0n) is 18.0. The van der Waals surface area contributed by atoms with Gasteiger partial charge in [-0.1, -0.05) is 12.1 Å². The summed E-state index contributed by atoms with van der Waals surface area (Å²) >= 11 is 0. The molecule has 3 rings (SSSR count). The molecule has 9 nitrogen and oxygen atoms in total. The Balaban J connectivity index is 1.71. The van der Waals surface area contributed by atoms with E-state index < -0.39 is 10.0 Å². The number of hydrogen-bond donors (Lipinski definition) is 2. The number of rotatable bonds is 9. The summed E-state index contributed by atoms with van der Waals surface area (Å²) in [6.07, 6.45) is 0. The van der Waals surface area contributed by atoms with Crippen molar-refractivity contribution in [2.24, 2.45) is 0 Å². The van der Waals surface area contributed by atoms with E-state index in [1.807, 2.05) is 0 Å². The maximum absolute atomic E-state index is 12.7. The molecule has 0 aliphatic heterocycles. The lowest BCUT2D eigenvalue weighted by molar-refractivity contribution is 0.101. The molecule has 0 bridgehead atoms. The molecule has 0 atom stereocenters. The number of aryl methyl sites for hydroxylation is 2. The second kappa shape index (κ2) is 10.2. The smallest absolute Gasteiger partial charge is 0.264 e. The minimum absolute atomic E-state index is 0.00459. The predicted octanol–water partition coefficient (Wildman–Crippen LogP) is 3.17. The van der Waals surface area contributed by atoms with E-state index in [1.165, 1.54) is 24.3 Å². The van der Waals surface area contributed by atoms with E-state index in [0.717, 1.165) is 0 Å². The van der Waals surface area contributed by atoms with Crippen LogP contribution in [0.15, 0.2) is 59.5 Å². The Morgan fingerprint density at radius 1 is 0.969 bits per heavy atom. The van der Waals surface area contributed by atoms with Crippen LogP contribution in [0.5, 0.6) is 5.75 Å². The Labute approximate surface area is 186 Å². The van der Waals surface area contributed by atoms with Gasteiger partial charge < -0.3 is 14.8 Å². The fourth-order valence-electron chi connectivity index (χ4n) is 2.88. The minimum atomic E-state index is -3.88. The SMILES string of the molecule is COCCOc1ccccc1C(=O)Nc1ccc(S(=O)(=O)Nc2nc(C)cc(C)n2)cc1. The molecule has 10 heteroatoms. The van der Waals surface area contributed by atoms with Gasteiger partial charge in [0.15, 0.2) is 0 Å². The Bertz CT molecular complexity index is 1180. The summed E-state index contributed by atoms with van der Waals surface area (Å²) in [5.74, 6) is 0.0549. The molecule has 0 fully saturated rings. The highest BCUT2D eigenvalue weighted by Gasteiger charge is 2.17. The largest absolute Gasteiger partial charge is 0.490 e.